The second kappa shape index (κ2) is 5.25. The Bertz CT molecular complexity index is 726. The van der Waals surface area contributed by atoms with Gasteiger partial charge in [0.15, 0.2) is 0 Å². The first-order chi connectivity index (χ1) is 8.91. The van der Waals surface area contributed by atoms with E-state index in [1.165, 1.54) is 30.3 Å². The maximum atomic E-state index is 12.3. The quantitative estimate of drug-likeness (QED) is 0.459. The van der Waals surface area contributed by atoms with Gasteiger partial charge in [0, 0.05) is 15.7 Å². The third-order valence-corrected chi connectivity index (χ3v) is 4.90. The molecule has 0 heterocycles. The lowest BCUT2D eigenvalue weighted by Gasteiger charge is -2.04. The van der Waals surface area contributed by atoms with Gasteiger partial charge in [0.05, 0.1) is 14.7 Å². The van der Waals surface area contributed by atoms with E-state index in [9.17, 15) is 18.5 Å². The molecule has 0 saturated heterocycles. The topological polar surface area (TPSA) is 77.3 Å². The van der Waals surface area contributed by atoms with E-state index >= 15 is 0 Å². The SMILES string of the molecule is O=[N+]([O-])c1ccc(S(=O)(=O)c2cccc(I)c2)cc1. The molecule has 5 nitrogen and oxygen atoms in total. The van der Waals surface area contributed by atoms with Crippen molar-refractivity contribution >= 4 is 38.1 Å². The Hall–Kier alpha value is -1.48. The van der Waals surface area contributed by atoms with Gasteiger partial charge in [-0.15, -0.1) is 0 Å². The van der Waals surface area contributed by atoms with Crippen LogP contribution in [-0.2, 0) is 9.84 Å². The van der Waals surface area contributed by atoms with Crippen LogP contribution in [-0.4, -0.2) is 13.3 Å². The summed E-state index contributed by atoms with van der Waals surface area (Å²) in [5, 5.41) is 10.5. The van der Waals surface area contributed by atoms with E-state index in [2.05, 4.69) is 0 Å². The van der Waals surface area contributed by atoms with Gasteiger partial charge < -0.3 is 0 Å². The smallest absolute Gasteiger partial charge is 0.258 e. The average molecular weight is 389 g/mol. The van der Waals surface area contributed by atoms with Gasteiger partial charge in [0.25, 0.3) is 5.69 Å². The Morgan fingerprint density at radius 2 is 1.63 bits per heavy atom. The van der Waals surface area contributed by atoms with Crippen molar-refractivity contribution in [3.8, 4) is 0 Å². The Balaban J connectivity index is 2.48. The first kappa shape index (κ1) is 13.9. The molecular weight excluding hydrogens is 381 g/mol. The molecule has 0 amide bonds. The molecular formula is C12H8INO4S. The lowest BCUT2D eigenvalue weighted by molar-refractivity contribution is -0.384. The molecule has 0 saturated carbocycles. The summed E-state index contributed by atoms with van der Waals surface area (Å²) >= 11 is 2.03. The van der Waals surface area contributed by atoms with Crippen LogP contribution in [0.3, 0.4) is 0 Å². The zero-order valence-electron chi connectivity index (χ0n) is 9.49. The Labute approximate surface area is 123 Å². The molecule has 19 heavy (non-hydrogen) atoms. The summed E-state index contributed by atoms with van der Waals surface area (Å²) in [6, 6.07) is 11.3. The van der Waals surface area contributed by atoms with Gasteiger partial charge in [-0.2, -0.15) is 0 Å². The summed E-state index contributed by atoms with van der Waals surface area (Å²) in [5.74, 6) is 0. The molecule has 0 bridgehead atoms. The van der Waals surface area contributed by atoms with Crippen LogP contribution in [0.5, 0.6) is 0 Å². The molecule has 0 aliphatic heterocycles. The maximum absolute atomic E-state index is 12.3. The average Bonchev–Trinajstić information content (AvgIpc) is 2.39. The first-order valence-corrected chi connectivity index (χ1v) is 7.72. The fourth-order valence-electron chi connectivity index (χ4n) is 1.52. The predicted octanol–water partition coefficient (Wildman–Crippen LogP) is 3.03. The minimum Gasteiger partial charge on any atom is -0.258 e. The molecule has 0 aliphatic rings. The van der Waals surface area contributed by atoms with Crippen molar-refractivity contribution in [1.29, 1.82) is 0 Å². The van der Waals surface area contributed by atoms with Crippen LogP contribution in [0, 0.1) is 13.7 Å². The second-order valence-corrected chi connectivity index (χ2v) is 6.91. The van der Waals surface area contributed by atoms with Crippen molar-refractivity contribution < 1.29 is 13.3 Å². The summed E-state index contributed by atoms with van der Waals surface area (Å²) in [5.41, 5.74) is -0.137. The van der Waals surface area contributed by atoms with Gasteiger partial charge in [-0.25, -0.2) is 8.42 Å². The minimum absolute atomic E-state index is 0.0418. The monoisotopic (exact) mass is 389 g/mol. The van der Waals surface area contributed by atoms with Gasteiger partial charge in [-0.1, -0.05) is 6.07 Å². The lowest BCUT2D eigenvalue weighted by Crippen LogP contribution is -2.02. The third kappa shape index (κ3) is 2.92. The molecule has 0 spiro atoms. The predicted molar refractivity (Wildman–Crippen MR) is 77.7 cm³/mol. The Kier molecular flexibility index (Phi) is 3.85. The van der Waals surface area contributed by atoms with Crippen LogP contribution in [0.1, 0.15) is 0 Å². The van der Waals surface area contributed by atoms with Crippen molar-refractivity contribution in [1.82, 2.24) is 0 Å². The number of hydrogen-bond donors (Lipinski definition) is 0. The van der Waals surface area contributed by atoms with E-state index in [0.717, 1.165) is 3.57 Å². The molecule has 0 atom stereocenters. The molecule has 98 valence electrons. The van der Waals surface area contributed by atoms with Gasteiger partial charge in [-0.3, -0.25) is 10.1 Å². The largest absolute Gasteiger partial charge is 0.269 e. The van der Waals surface area contributed by atoms with Crippen LogP contribution < -0.4 is 0 Å². The van der Waals surface area contributed by atoms with Gasteiger partial charge in [0.1, 0.15) is 0 Å². The maximum Gasteiger partial charge on any atom is 0.269 e. The van der Waals surface area contributed by atoms with Crippen molar-refractivity contribution in [3.05, 3.63) is 62.2 Å². The minimum atomic E-state index is -3.63. The molecule has 0 fully saturated rings. The summed E-state index contributed by atoms with van der Waals surface area (Å²) < 4.78 is 25.4. The van der Waals surface area contributed by atoms with Gasteiger partial charge in [-0.05, 0) is 52.9 Å². The number of benzene rings is 2. The first-order valence-electron chi connectivity index (χ1n) is 5.16. The summed E-state index contributed by atoms with van der Waals surface area (Å²) in [4.78, 5) is 10.2. The highest BCUT2D eigenvalue weighted by molar-refractivity contribution is 14.1. The molecule has 2 aromatic rings. The van der Waals surface area contributed by atoms with E-state index < -0.39 is 14.8 Å². The molecule has 0 radical (unpaired) electrons. The van der Waals surface area contributed by atoms with Crippen molar-refractivity contribution in [2.24, 2.45) is 0 Å². The molecule has 7 heteroatoms. The van der Waals surface area contributed by atoms with Crippen LogP contribution in [0.25, 0.3) is 0 Å². The number of hydrogen-bond acceptors (Lipinski definition) is 4. The fraction of sp³-hybridized carbons (Fsp3) is 0. The van der Waals surface area contributed by atoms with E-state index in [1.807, 2.05) is 22.6 Å². The Morgan fingerprint density at radius 3 is 2.16 bits per heavy atom. The van der Waals surface area contributed by atoms with Crippen LogP contribution in [0.2, 0.25) is 0 Å². The summed E-state index contributed by atoms with van der Waals surface area (Å²) in [7, 11) is -3.63. The van der Waals surface area contributed by atoms with Gasteiger partial charge >= 0.3 is 0 Å². The highest BCUT2D eigenvalue weighted by Crippen LogP contribution is 2.24. The highest BCUT2D eigenvalue weighted by atomic mass is 127. The number of halogens is 1. The van der Waals surface area contributed by atoms with Crippen LogP contribution >= 0.6 is 22.6 Å². The number of nitrogens with zero attached hydrogens (tertiary/aromatic N) is 1. The fourth-order valence-corrected chi connectivity index (χ4v) is 3.58. The summed E-state index contributed by atoms with van der Waals surface area (Å²) in [6.07, 6.45) is 0. The highest BCUT2D eigenvalue weighted by Gasteiger charge is 2.18. The van der Waals surface area contributed by atoms with Crippen LogP contribution in [0.15, 0.2) is 58.3 Å². The van der Waals surface area contributed by atoms with Crippen molar-refractivity contribution in [2.45, 2.75) is 9.79 Å². The number of sulfone groups is 1. The van der Waals surface area contributed by atoms with Crippen LogP contribution in [0.4, 0.5) is 5.69 Å². The molecule has 0 aromatic heterocycles. The Morgan fingerprint density at radius 1 is 1.00 bits per heavy atom. The third-order valence-electron chi connectivity index (χ3n) is 2.46. The molecule has 0 N–H and O–H groups in total. The van der Waals surface area contributed by atoms with Crippen molar-refractivity contribution in [3.63, 3.8) is 0 Å². The number of rotatable bonds is 3. The molecule has 0 aliphatic carbocycles. The zero-order valence-corrected chi connectivity index (χ0v) is 12.5. The summed E-state index contributed by atoms with van der Waals surface area (Å²) in [6.45, 7) is 0. The normalized spacial score (nSPS) is 11.2. The van der Waals surface area contributed by atoms with E-state index in [1.54, 1.807) is 18.2 Å². The number of non-ortho nitro benzene ring substituents is 1. The second-order valence-electron chi connectivity index (χ2n) is 3.71. The van der Waals surface area contributed by atoms with E-state index in [4.69, 9.17) is 0 Å². The van der Waals surface area contributed by atoms with Crippen molar-refractivity contribution in [2.75, 3.05) is 0 Å². The number of nitro benzene ring substituents is 1. The zero-order chi connectivity index (χ0) is 14.0. The van der Waals surface area contributed by atoms with Gasteiger partial charge in [0.2, 0.25) is 9.84 Å². The molecule has 2 rings (SSSR count). The van der Waals surface area contributed by atoms with E-state index in [0.29, 0.717) is 0 Å². The molecule has 0 unspecified atom stereocenters. The van der Waals surface area contributed by atoms with E-state index in [-0.39, 0.29) is 15.5 Å². The number of nitro groups is 1. The standard InChI is InChI=1S/C12H8INO4S/c13-9-2-1-3-12(8-9)19(17,18)11-6-4-10(5-7-11)14(15)16/h1-8H. The lowest BCUT2D eigenvalue weighted by atomic mass is 10.3. The molecule has 2 aromatic carbocycles.